The highest BCUT2D eigenvalue weighted by Crippen LogP contribution is 2.35. The smallest absolute Gasteiger partial charge is 0.256 e. The predicted molar refractivity (Wildman–Crippen MR) is 166 cm³/mol. The van der Waals surface area contributed by atoms with Gasteiger partial charge >= 0.3 is 0 Å². The highest BCUT2D eigenvalue weighted by Gasteiger charge is 2.40. The van der Waals surface area contributed by atoms with Crippen LogP contribution in [0.4, 0.5) is 0 Å². The fourth-order valence-corrected chi connectivity index (χ4v) is 6.53. The van der Waals surface area contributed by atoms with Crippen LogP contribution in [0, 0.1) is 6.92 Å². The van der Waals surface area contributed by atoms with Gasteiger partial charge in [0.25, 0.3) is 5.91 Å². The molecule has 2 aliphatic rings. The lowest BCUT2D eigenvalue weighted by Gasteiger charge is -2.46. The van der Waals surface area contributed by atoms with Gasteiger partial charge in [0.15, 0.2) is 5.82 Å². The molecule has 222 valence electrons. The highest BCUT2D eigenvalue weighted by molar-refractivity contribution is 6.06. The Labute approximate surface area is 256 Å². The Bertz CT molecular complexity index is 1720. The lowest BCUT2D eigenvalue weighted by atomic mass is 9.92. The zero-order valence-electron chi connectivity index (χ0n) is 24.6. The lowest BCUT2D eigenvalue weighted by Crippen LogP contribution is -2.58. The van der Waals surface area contributed by atoms with E-state index in [4.69, 9.17) is 4.52 Å². The maximum absolute atomic E-state index is 14.0. The molecule has 2 saturated heterocycles. The summed E-state index contributed by atoms with van der Waals surface area (Å²) in [7, 11) is 0. The van der Waals surface area contributed by atoms with Crippen molar-refractivity contribution in [2.75, 3.05) is 32.7 Å². The Morgan fingerprint density at radius 1 is 0.841 bits per heavy atom. The number of aryl methyl sites for hydroxylation is 1. The van der Waals surface area contributed by atoms with Crippen LogP contribution in [0.2, 0.25) is 0 Å². The summed E-state index contributed by atoms with van der Waals surface area (Å²) in [6, 6.07) is 28.4. The fourth-order valence-electron chi connectivity index (χ4n) is 6.53. The Hall–Kier alpha value is -4.89. The molecule has 0 unspecified atom stereocenters. The minimum atomic E-state index is -0.196. The molecule has 0 N–H and O–H groups in total. The average Bonchev–Trinajstić information content (AvgIpc) is 3.47. The number of nitrogens with zero attached hydrogens (tertiary/aromatic N) is 6. The van der Waals surface area contributed by atoms with Gasteiger partial charge in [-0.15, -0.1) is 0 Å². The van der Waals surface area contributed by atoms with Crippen LogP contribution >= 0.6 is 0 Å². The van der Waals surface area contributed by atoms with Crippen LogP contribution < -0.4 is 0 Å². The van der Waals surface area contributed by atoms with Crippen molar-refractivity contribution in [2.45, 2.75) is 31.3 Å². The van der Waals surface area contributed by atoms with Gasteiger partial charge < -0.3 is 14.3 Å². The summed E-state index contributed by atoms with van der Waals surface area (Å²) < 4.78 is 5.35. The average molecular weight is 587 g/mol. The van der Waals surface area contributed by atoms with Crippen LogP contribution in [0.3, 0.4) is 0 Å². The summed E-state index contributed by atoms with van der Waals surface area (Å²) in [6.45, 7) is 4.51. The van der Waals surface area contributed by atoms with Crippen molar-refractivity contribution in [3.05, 3.63) is 126 Å². The van der Waals surface area contributed by atoms with Crippen molar-refractivity contribution in [1.82, 2.24) is 29.8 Å². The van der Waals surface area contributed by atoms with Crippen LogP contribution in [0.1, 0.15) is 51.6 Å². The van der Waals surface area contributed by atoms with E-state index in [9.17, 15) is 9.59 Å². The number of amides is 2. The number of hydrogen-bond acceptors (Lipinski definition) is 7. The first-order valence-electron chi connectivity index (χ1n) is 15.1. The van der Waals surface area contributed by atoms with Crippen molar-refractivity contribution in [2.24, 2.45) is 0 Å². The molecule has 7 rings (SSSR count). The molecule has 2 amide bonds. The molecular formula is C35H34N6O3. The summed E-state index contributed by atoms with van der Waals surface area (Å²) in [5, 5.41) is 5.72. The molecule has 0 bridgehead atoms. The normalized spacial score (nSPS) is 17.6. The summed E-state index contributed by atoms with van der Waals surface area (Å²) >= 11 is 0. The topological polar surface area (TPSA) is 95.7 Å². The molecular weight excluding hydrogens is 552 g/mol. The fraction of sp³-hybridized carbons (Fsp3) is 0.286. The molecule has 5 aromatic rings. The van der Waals surface area contributed by atoms with E-state index in [0.717, 1.165) is 21.9 Å². The Morgan fingerprint density at radius 3 is 2.20 bits per heavy atom. The molecule has 0 radical (unpaired) electrons. The molecule has 9 heteroatoms. The number of carbonyl (C=O) groups is 2. The van der Waals surface area contributed by atoms with E-state index in [1.807, 2.05) is 46.2 Å². The molecule has 0 spiro atoms. The van der Waals surface area contributed by atoms with Crippen LogP contribution in [-0.2, 0) is 4.79 Å². The summed E-state index contributed by atoms with van der Waals surface area (Å²) in [6.07, 6.45) is 3.74. The van der Waals surface area contributed by atoms with E-state index in [0.29, 0.717) is 56.4 Å². The second kappa shape index (κ2) is 12.0. The summed E-state index contributed by atoms with van der Waals surface area (Å²) in [5.74, 6) is 1.24. The van der Waals surface area contributed by atoms with Gasteiger partial charge in [-0.3, -0.25) is 19.5 Å². The molecule has 2 aliphatic heterocycles. The van der Waals surface area contributed by atoms with E-state index >= 15 is 0 Å². The third-order valence-electron chi connectivity index (χ3n) is 8.81. The van der Waals surface area contributed by atoms with Gasteiger partial charge in [-0.05, 0) is 23.4 Å². The Kier molecular flexibility index (Phi) is 7.62. The predicted octanol–water partition coefficient (Wildman–Crippen LogP) is 4.86. The lowest BCUT2D eigenvalue weighted by molar-refractivity contribution is -0.138. The minimum Gasteiger partial charge on any atom is -0.341 e. The minimum absolute atomic E-state index is 0.0564. The van der Waals surface area contributed by atoms with Crippen molar-refractivity contribution < 1.29 is 14.1 Å². The van der Waals surface area contributed by atoms with E-state index < -0.39 is 0 Å². The zero-order valence-corrected chi connectivity index (χ0v) is 24.6. The Morgan fingerprint density at radius 2 is 1.52 bits per heavy atom. The van der Waals surface area contributed by atoms with Crippen molar-refractivity contribution in [3.8, 4) is 0 Å². The first kappa shape index (κ1) is 27.9. The number of benzene rings is 3. The zero-order chi connectivity index (χ0) is 30.0. The van der Waals surface area contributed by atoms with Gasteiger partial charge in [-0.1, -0.05) is 90.1 Å². The van der Waals surface area contributed by atoms with Crippen molar-refractivity contribution in [1.29, 1.82) is 0 Å². The molecule has 4 heterocycles. The van der Waals surface area contributed by atoms with E-state index in [-0.39, 0.29) is 29.8 Å². The molecule has 1 atom stereocenters. The molecule has 3 aromatic carbocycles. The van der Waals surface area contributed by atoms with E-state index in [1.54, 1.807) is 19.3 Å². The first-order chi connectivity index (χ1) is 21.5. The molecule has 2 aromatic heterocycles. The largest absolute Gasteiger partial charge is 0.341 e. The van der Waals surface area contributed by atoms with Crippen LogP contribution in [0.25, 0.3) is 10.8 Å². The van der Waals surface area contributed by atoms with Gasteiger partial charge in [0, 0.05) is 63.0 Å². The number of aromatic nitrogens is 3. The SMILES string of the molecule is Cc1noc(C2CN(C(=O)C[C@@H]3CN(C(=O)c4cncc5ccccc45)CCN3C(c3ccccc3)c3ccccc3)C2)n1. The number of fused-ring (bicyclic) bond motifs is 1. The third-order valence-corrected chi connectivity index (χ3v) is 8.81. The summed E-state index contributed by atoms with van der Waals surface area (Å²) in [5.41, 5.74) is 2.90. The second-order valence-corrected chi connectivity index (χ2v) is 11.7. The van der Waals surface area contributed by atoms with Crippen LogP contribution in [0.15, 0.2) is 102 Å². The van der Waals surface area contributed by atoms with Gasteiger partial charge in [-0.25, -0.2) is 0 Å². The maximum Gasteiger partial charge on any atom is 0.256 e. The molecule has 0 aliphatic carbocycles. The van der Waals surface area contributed by atoms with Crippen molar-refractivity contribution >= 4 is 22.6 Å². The Balaban J connectivity index is 1.18. The third kappa shape index (κ3) is 5.46. The highest BCUT2D eigenvalue weighted by atomic mass is 16.5. The molecule has 44 heavy (non-hydrogen) atoms. The molecule has 2 fully saturated rings. The quantitative estimate of drug-likeness (QED) is 0.269. The number of likely N-dealkylation sites (tertiary alicyclic amines) is 1. The van der Waals surface area contributed by atoms with Crippen LogP contribution in [-0.4, -0.2) is 80.4 Å². The molecule has 0 saturated carbocycles. The van der Waals surface area contributed by atoms with Gasteiger partial charge in [0.05, 0.1) is 17.5 Å². The number of piperazine rings is 1. The second-order valence-electron chi connectivity index (χ2n) is 11.7. The van der Waals surface area contributed by atoms with E-state index in [1.165, 1.54) is 0 Å². The number of pyridine rings is 1. The maximum atomic E-state index is 14.0. The number of rotatable bonds is 7. The van der Waals surface area contributed by atoms with Gasteiger partial charge in [-0.2, -0.15) is 4.98 Å². The monoisotopic (exact) mass is 586 g/mol. The standard InChI is InChI=1S/C35H34N6O3/c1-24-37-34(44-38-24)28-21-40(22-28)32(42)18-29-23-39(35(43)31-20-36-19-27-14-8-9-15-30(27)31)16-17-41(29)33(25-10-4-2-5-11-25)26-12-6-3-7-13-26/h2-15,19-20,28-29,33H,16-18,21-23H2,1H3/t29-/m1/s1. The van der Waals surface area contributed by atoms with Crippen LogP contribution in [0.5, 0.6) is 0 Å². The van der Waals surface area contributed by atoms with Gasteiger partial charge in [0.1, 0.15) is 0 Å². The number of hydrogen-bond donors (Lipinski definition) is 0. The number of carbonyl (C=O) groups excluding carboxylic acids is 2. The first-order valence-corrected chi connectivity index (χ1v) is 15.1. The van der Waals surface area contributed by atoms with Gasteiger partial charge in [0.2, 0.25) is 11.8 Å². The van der Waals surface area contributed by atoms with E-state index in [2.05, 4.69) is 68.6 Å². The van der Waals surface area contributed by atoms with Crippen molar-refractivity contribution in [3.63, 3.8) is 0 Å². The molecule has 9 nitrogen and oxygen atoms in total. The summed E-state index contributed by atoms with van der Waals surface area (Å²) in [4.78, 5) is 42.6.